The number of ether oxygens (including phenoxy) is 1. The number of hydrogen-bond acceptors (Lipinski definition) is 3. The zero-order chi connectivity index (χ0) is 18.2. The van der Waals surface area contributed by atoms with E-state index in [0.717, 1.165) is 47.9 Å². The number of aromatic nitrogens is 1. The van der Waals surface area contributed by atoms with Crippen LogP contribution in [0.1, 0.15) is 36.9 Å². The lowest BCUT2D eigenvalue weighted by Crippen LogP contribution is -1.99. The molecule has 0 fully saturated rings. The van der Waals surface area contributed by atoms with E-state index in [1.165, 1.54) is 5.56 Å². The van der Waals surface area contributed by atoms with Gasteiger partial charge in [0, 0.05) is 18.0 Å². The van der Waals surface area contributed by atoms with Gasteiger partial charge >= 0.3 is 5.97 Å². The molecule has 0 saturated carbocycles. The van der Waals surface area contributed by atoms with Gasteiger partial charge in [0.2, 0.25) is 0 Å². The van der Waals surface area contributed by atoms with Crippen LogP contribution in [0.5, 0.6) is 5.75 Å². The van der Waals surface area contributed by atoms with Gasteiger partial charge in [0.15, 0.2) is 0 Å². The second kappa shape index (κ2) is 8.99. The van der Waals surface area contributed by atoms with Gasteiger partial charge in [-0.1, -0.05) is 42.8 Å². The number of nitrogens with zero attached hydrogens (tertiary/aromatic N) is 1. The number of hydrogen-bond donors (Lipinski definition) is 1. The van der Waals surface area contributed by atoms with Crippen LogP contribution in [0.25, 0.3) is 10.8 Å². The first-order chi connectivity index (χ1) is 12.7. The number of aryl methyl sites for hydroxylation is 1. The van der Waals surface area contributed by atoms with Crippen LogP contribution in [0.3, 0.4) is 0 Å². The molecule has 3 aromatic rings. The van der Waals surface area contributed by atoms with Gasteiger partial charge in [0.25, 0.3) is 0 Å². The van der Waals surface area contributed by atoms with Gasteiger partial charge in [-0.2, -0.15) is 0 Å². The third-order valence-electron chi connectivity index (χ3n) is 4.33. The summed E-state index contributed by atoms with van der Waals surface area (Å²) >= 11 is 0. The summed E-state index contributed by atoms with van der Waals surface area (Å²) in [5, 5.41) is 10.9. The Kier molecular flexibility index (Phi) is 6.20. The monoisotopic (exact) mass is 349 g/mol. The molecule has 0 atom stereocenters. The summed E-state index contributed by atoms with van der Waals surface area (Å²) in [4.78, 5) is 15.0. The Labute approximate surface area is 153 Å². The van der Waals surface area contributed by atoms with Gasteiger partial charge in [-0.25, -0.2) is 0 Å². The van der Waals surface area contributed by atoms with Crippen LogP contribution in [0.15, 0.2) is 60.8 Å². The van der Waals surface area contributed by atoms with E-state index in [4.69, 9.17) is 9.84 Å². The van der Waals surface area contributed by atoms with Crippen LogP contribution in [-0.4, -0.2) is 16.1 Å². The Bertz CT molecular complexity index is 876. The molecule has 0 aliphatic carbocycles. The number of carboxylic acids is 1. The summed E-state index contributed by atoms with van der Waals surface area (Å²) in [5.74, 6) is 0.116. The third kappa shape index (κ3) is 5.31. The largest absolute Gasteiger partial charge is 0.487 e. The molecule has 0 amide bonds. The van der Waals surface area contributed by atoms with Crippen molar-refractivity contribution in [1.82, 2.24) is 4.98 Å². The third-order valence-corrected chi connectivity index (χ3v) is 4.33. The van der Waals surface area contributed by atoms with Crippen molar-refractivity contribution in [3.05, 3.63) is 72.1 Å². The number of carbonyl (C=O) groups is 1. The normalized spacial score (nSPS) is 10.8. The highest BCUT2D eigenvalue weighted by molar-refractivity contribution is 5.81. The van der Waals surface area contributed by atoms with E-state index in [2.05, 4.69) is 29.2 Å². The smallest absolute Gasteiger partial charge is 0.303 e. The Morgan fingerprint density at radius 2 is 1.81 bits per heavy atom. The second-order valence-corrected chi connectivity index (χ2v) is 6.41. The van der Waals surface area contributed by atoms with E-state index in [1.54, 1.807) is 0 Å². The molecule has 1 aromatic heterocycles. The molecule has 1 heterocycles. The highest BCUT2D eigenvalue weighted by atomic mass is 16.5. The topological polar surface area (TPSA) is 59.4 Å². The van der Waals surface area contributed by atoms with Crippen molar-refractivity contribution in [2.75, 3.05) is 0 Å². The maximum absolute atomic E-state index is 10.5. The average molecular weight is 349 g/mol. The molecule has 0 spiro atoms. The fraction of sp³-hybridized carbons (Fsp3) is 0.273. The number of benzene rings is 2. The van der Waals surface area contributed by atoms with Gasteiger partial charge in [-0.15, -0.1) is 0 Å². The number of carboxylic acid groups (broad SMARTS) is 1. The molecule has 0 radical (unpaired) electrons. The number of aliphatic carboxylic acids is 1. The van der Waals surface area contributed by atoms with Gasteiger partial charge in [0.1, 0.15) is 12.4 Å². The van der Waals surface area contributed by atoms with Crippen molar-refractivity contribution >= 4 is 16.7 Å². The average Bonchev–Trinajstić information content (AvgIpc) is 2.66. The van der Waals surface area contributed by atoms with Crippen LogP contribution in [-0.2, 0) is 17.8 Å². The molecule has 2 aromatic carbocycles. The van der Waals surface area contributed by atoms with E-state index < -0.39 is 5.97 Å². The zero-order valence-corrected chi connectivity index (χ0v) is 14.7. The molecular formula is C22H23NO3. The molecule has 26 heavy (non-hydrogen) atoms. The second-order valence-electron chi connectivity index (χ2n) is 6.41. The lowest BCUT2D eigenvalue weighted by Gasteiger charge is -2.08. The van der Waals surface area contributed by atoms with E-state index in [9.17, 15) is 4.79 Å². The van der Waals surface area contributed by atoms with Crippen LogP contribution in [0.2, 0.25) is 0 Å². The standard InChI is InChI=1S/C22H23NO3/c24-22(25)12-3-1-2-7-17-8-6-11-21(13-17)26-16-20-14-18-9-4-5-10-19(18)15-23-20/h4-6,8-11,13-15H,1-3,7,12,16H2,(H,24,25). The van der Waals surface area contributed by atoms with Gasteiger partial charge in [-0.05, 0) is 48.4 Å². The predicted octanol–water partition coefficient (Wildman–Crippen LogP) is 5.00. The molecule has 0 aliphatic heterocycles. The summed E-state index contributed by atoms with van der Waals surface area (Å²) < 4.78 is 5.90. The Morgan fingerprint density at radius 1 is 0.962 bits per heavy atom. The van der Waals surface area contributed by atoms with Crippen molar-refractivity contribution in [1.29, 1.82) is 0 Å². The molecule has 3 rings (SSSR count). The first-order valence-electron chi connectivity index (χ1n) is 8.98. The number of rotatable bonds is 9. The van der Waals surface area contributed by atoms with Gasteiger partial charge in [-0.3, -0.25) is 9.78 Å². The van der Waals surface area contributed by atoms with Crippen LogP contribution in [0, 0.1) is 0 Å². The highest BCUT2D eigenvalue weighted by Crippen LogP contribution is 2.18. The fourth-order valence-electron chi connectivity index (χ4n) is 2.94. The minimum absolute atomic E-state index is 0.252. The minimum Gasteiger partial charge on any atom is -0.487 e. The highest BCUT2D eigenvalue weighted by Gasteiger charge is 2.02. The molecule has 4 heteroatoms. The van der Waals surface area contributed by atoms with E-state index in [1.807, 2.05) is 36.5 Å². The molecule has 0 aliphatic rings. The Balaban J connectivity index is 1.52. The summed E-state index contributed by atoms with van der Waals surface area (Å²) in [6.45, 7) is 0.437. The molecule has 4 nitrogen and oxygen atoms in total. The molecule has 1 N–H and O–H groups in total. The summed E-state index contributed by atoms with van der Waals surface area (Å²) in [6.07, 6.45) is 5.72. The van der Waals surface area contributed by atoms with Gasteiger partial charge in [0.05, 0.1) is 5.69 Å². The molecule has 134 valence electrons. The maximum atomic E-state index is 10.5. The number of unbranched alkanes of at least 4 members (excludes halogenated alkanes) is 2. The Morgan fingerprint density at radius 3 is 2.65 bits per heavy atom. The zero-order valence-electron chi connectivity index (χ0n) is 14.7. The quantitative estimate of drug-likeness (QED) is 0.552. The lowest BCUT2D eigenvalue weighted by molar-refractivity contribution is -0.137. The predicted molar refractivity (Wildman–Crippen MR) is 102 cm³/mol. The van der Waals surface area contributed by atoms with Crippen LogP contribution >= 0.6 is 0 Å². The lowest BCUT2D eigenvalue weighted by atomic mass is 10.1. The maximum Gasteiger partial charge on any atom is 0.303 e. The first-order valence-corrected chi connectivity index (χ1v) is 8.98. The van der Waals surface area contributed by atoms with Gasteiger partial charge < -0.3 is 9.84 Å². The molecule has 0 bridgehead atoms. The number of fused-ring (bicyclic) bond motifs is 1. The van der Waals surface area contributed by atoms with Crippen molar-refractivity contribution in [3.8, 4) is 5.75 Å². The molecular weight excluding hydrogens is 326 g/mol. The molecule has 0 unspecified atom stereocenters. The van der Waals surface area contributed by atoms with E-state index in [-0.39, 0.29) is 6.42 Å². The Hall–Kier alpha value is -2.88. The van der Waals surface area contributed by atoms with E-state index in [0.29, 0.717) is 6.61 Å². The van der Waals surface area contributed by atoms with Crippen molar-refractivity contribution < 1.29 is 14.6 Å². The van der Waals surface area contributed by atoms with Crippen LogP contribution in [0.4, 0.5) is 0 Å². The van der Waals surface area contributed by atoms with Crippen molar-refractivity contribution in [3.63, 3.8) is 0 Å². The SMILES string of the molecule is O=C(O)CCCCCc1cccc(OCc2cc3ccccc3cn2)c1. The van der Waals surface area contributed by atoms with Crippen molar-refractivity contribution in [2.45, 2.75) is 38.7 Å². The summed E-state index contributed by atoms with van der Waals surface area (Å²) in [5.41, 5.74) is 2.12. The molecule has 0 saturated heterocycles. The van der Waals surface area contributed by atoms with Crippen LogP contribution < -0.4 is 4.74 Å². The summed E-state index contributed by atoms with van der Waals surface area (Å²) in [6, 6.07) is 18.3. The fourth-order valence-corrected chi connectivity index (χ4v) is 2.94. The van der Waals surface area contributed by atoms with Crippen molar-refractivity contribution in [2.24, 2.45) is 0 Å². The first kappa shape index (κ1) is 17.9. The minimum atomic E-state index is -0.720. The summed E-state index contributed by atoms with van der Waals surface area (Å²) in [7, 11) is 0. The number of pyridine rings is 1. The van der Waals surface area contributed by atoms with E-state index >= 15 is 0 Å².